The highest BCUT2D eigenvalue weighted by atomic mass is 13.9. The highest BCUT2D eigenvalue weighted by Crippen LogP contribution is 2.03. The molecular formula is C9H10. The van der Waals surface area contributed by atoms with Crippen LogP contribution in [0, 0.1) is 0 Å². The number of hydrogen-bond donors (Lipinski definition) is 0. The van der Waals surface area contributed by atoms with Gasteiger partial charge >= 0.3 is 0 Å². The fraction of sp³-hybridized carbons (Fsp3) is 0.111. The first kappa shape index (κ1) is 6.09. The molecule has 0 heterocycles. The Morgan fingerprint density at radius 2 is 2.33 bits per heavy atom. The summed E-state index contributed by atoms with van der Waals surface area (Å²) in [4.78, 5) is 0. The molecule has 9 heavy (non-hydrogen) atoms. The first-order chi connectivity index (χ1) is 4.43. The lowest BCUT2D eigenvalue weighted by Crippen LogP contribution is -1.63. The van der Waals surface area contributed by atoms with Crippen molar-refractivity contribution in [1.29, 1.82) is 0 Å². The van der Waals surface area contributed by atoms with Crippen LogP contribution >= 0.6 is 0 Å². The van der Waals surface area contributed by atoms with Gasteiger partial charge in [0.15, 0.2) is 0 Å². The lowest BCUT2D eigenvalue weighted by molar-refractivity contribution is 1.40. The van der Waals surface area contributed by atoms with Crippen LogP contribution in [0.25, 0.3) is 0 Å². The van der Waals surface area contributed by atoms with Gasteiger partial charge < -0.3 is 0 Å². The van der Waals surface area contributed by atoms with Crippen molar-refractivity contribution in [3.8, 4) is 0 Å². The summed E-state index contributed by atoms with van der Waals surface area (Å²) < 4.78 is 0. The minimum Gasteiger partial charge on any atom is -0.0985 e. The zero-order valence-electron chi connectivity index (χ0n) is 5.38. The SMILES string of the molecule is C=CC1=CC=CCC=C1. The van der Waals surface area contributed by atoms with Gasteiger partial charge in [-0.25, -0.2) is 0 Å². The van der Waals surface area contributed by atoms with E-state index in [4.69, 9.17) is 0 Å². The van der Waals surface area contributed by atoms with E-state index in [9.17, 15) is 0 Å². The molecule has 0 nitrogen and oxygen atoms in total. The standard InChI is InChI=1S/C9H10/c1-2-9-7-5-3-4-6-8-9/h2-3,5-8H,1,4H2. The monoisotopic (exact) mass is 118 g/mol. The minimum absolute atomic E-state index is 1.04. The van der Waals surface area contributed by atoms with Crippen molar-refractivity contribution in [2.45, 2.75) is 6.42 Å². The van der Waals surface area contributed by atoms with E-state index >= 15 is 0 Å². The lowest BCUT2D eigenvalue weighted by Gasteiger charge is -1.84. The molecule has 0 bridgehead atoms. The number of hydrogen-bond acceptors (Lipinski definition) is 0. The van der Waals surface area contributed by atoms with Gasteiger partial charge in [-0.3, -0.25) is 0 Å². The van der Waals surface area contributed by atoms with E-state index in [1.165, 1.54) is 5.57 Å². The van der Waals surface area contributed by atoms with E-state index in [-0.39, 0.29) is 0 Å². The quantitative estimate of drug-likeness (QED) is 0.496. The molecule has 0 heteroatoms. The normalized spacial score (nSPS) is 16.7. The van der Waals surface area contributed by atoms with Crippen LogP contribution in [0.5, 0.6) is 0 Å². The maximum atomic E-state index is 3.67. The van der Waals surface area contributed by atoms with Crippen LogP contribution in [-0.4, -0.2) is 0 Å². The molecule has 1 rings (SSSR count). The predicted octanol–water partition coefficient (Wildman–Crippen LogP) is 2.61. The highest BCUT2D eigenvalue weighted by Gasteiger charge is 1.83. The Balaban J connectivity index is 2.78. The zero-order valence-corrected chi connectivity index (χ0v) is 5.38. The average Bonchev–Trinajstić information content (AvgIpc) is 2.13. The first-order valence-electron chi connectivity index (χ1n) is 3.09. The van der Waals surface area contributed by atoms with Gasteiger partial charge in [-0.1, -0.05) is 43.0 Å². The summed E-state index contributed by atoms with van der Waals surface area (Å²) in [6, 6.07) is 0. The van der Waals surface area contributed by atoms with Crippen molar-refractivity contribution in [3.05, 3.63) is 48.6 Å². The molecule has 0 unspecified atom stereocenters. The Morgan fingerprint density at radius 1 is 1.44 bits per heavy atom. The summed E-state index contributed by atoms with van der Waals surface area (Å²) in [6.07, 6.45) is 13.3. The molecule has 0 aliphatic heterocycles. The zero-order chi connectivity index (χ0) is 6.53. The molecule has 1 aliphatic carbocycles. The lowest BCUT2D eigenvalue weighted by atomic mass is 10.2. The summed E-state index contributed by atoms with van der Waals surface area (Å²) in [5, 5.41) is 0. The molecule has 0 saturated carbocycles. The van der Waals surface area contributed by atoms with Crippen molar-refractivity contribution < 1.29 is 0 Å². The van der Waals surface area contributed by atoms with Gasteiger partial charge in [0, 0.05) is 0 Å². The molecule has 0 aromatic heterocycles. The summed E-state index contributed by atoms with van der Waals surface area (Å²) in [5.74, 6) is 0. The van der Waals surface area contributed by atoms with E-state index in [0.29, 0.717) is 0 Å². The van der Waals surface area contributed by atoms with Gasteiger partial charge in [0.05, 0.1) is 0 Å². The predicted molar refractivity (Wildman–Crippen MR) is 41.2 cm³/mol. The van der Waals surface area contributed by atoms with Crippen molar-refractivity contribution in [1.82, 2.24) is 0 Å². The second-order valence-corrected chi connectivity index (χ2v) is 1.94. The van der Waals surface area contributed by atoms with Gasteiger partial charge in [-0.15, -0.1) is 0 Å². The Hall–Kier alpha value is -1.04. The molecule has 0 N–H and O–H groups in total. The molecule has 1 aliphatic rings. The fourth-order valence-electron chi connectivity index (χ4n) is 0.732. The fourth-order valence-corrected chi connectivity index (χ4v) is 0.732. The Morgan fingerprint density at radius 3 is 3.11 bits per heavy atom. The topological polar surface area (TPSA) is 0 Å². The third-order valence-corrected chi connectivity index (χ3v) is 1.24. The first-order valence-corrected chi connectivity index (χ1v) is 3.09. The Kier molecular flexibility index (Phi) is 2.08. The molecule has 0 atom stereocenters. The smallest absolute Gasteiger partial charge is 0.0163 e. The molecule has 0 radical (unpaired) electrons. The molecule has 0 amide bonds. The van der Waals surface area contributed by atoms with Crippen molar-refractivity contribution in [2.75, 3.05) is 0 Å². The van der Waals surface area contributed by atoms with Crippen LogP contribution in [0.2, 0.25) is 0 Å². The molecule has 0 saturated heterocycles. The van der Waals surface area contributed by atoms with E-state index in [0.717, 1.165) is 6.42 Å². The van der Waals surface area contributed by atoms with Crippen molar-refractivity contribution in [2.24, 2.45) is 0 Å². The van der Waals surface area contributed by atoms with E-state index in [1.54, 1.807) is 0 Å². The van der Waals surface area contributed by atoms with Crippen LogP contribution < -0.4 is 0 Å². The molecule has 46 valence electrons. The van der Waals surface area contributed by atoms with Gasteiger partial charge in [-0.2, -0.15) is 0 Å². The van der Waals surface area contributed by atoms with Crippen LogP contribution in [-0.2, 0) is 0 Å². The summed E-state index contributed by atoms with van der Waals surface area (Å²) in [6.45, 7) is 3.67. The number of allylic oxidation sites excluding steroid dienone is 7. The molecule has 0 aromatic carbocycles. The molecule has 0 fully saturated rings. The molecule has 0 aromatic rings. The molecular weight excluding hydrogens is 108 g/mol. The van der Waals surface area contributed by atoms with E-state index < -0.39 is 0 Å². The average molecular weight is 118 g/mol. The van der Waals surface area contributed by atoms with Crippen molar-refractivity contribution in [3.63, 3.8) is 0 Å². The third-order valence-electron chi connectivity index (χ3n) is 1.24. The largest absolute Gasteiger partial charge is 0.0985 e. The van der Waals surface area contributed by atoms with E-state index in [1.807, 2.05) is 6.08 Å². The maximum Gasteiger partial charge on any atom is -0.0163 e. The maximum absolute atomic E-state index is 3.67. The summed E-state index contributed by atoms with van der Waals surface area (Å²) in [7, 11) is 0. The van der Waals surface area contributed by atoms with E-state index in [2.05, 4.69) is 37.0 Å². The second-order valence-electron chi connectivity index (χ2n) is 1.94. The molecule has 0 spiro atoms. The van der Waals surface area contributed by atoms with Crippen LogP contribution in [0.1, 0.15) is 6.42 Å². The third kappa shape index (κ3) is 1.73. The summed E-state index contributed by atoms with van der Waals surface area (Å²) >= 11 is 0. The van der Waals surface area contributed by atoms with Crippen LogP contribution in [0.15, 0.2) is 48.6 Å². The highest BCUT2D eigenvalue weighted by molar-refractivity contribution is 5.34. The van der Waals surface area contributed by atoms with Gasteiger partial charge in [0.2, 0.25) is 0 Å². The van der Waals surface area contributed by atoms with Gasteiger partial charge in [0.1, 0.15) is 0 Å². The number of rotatable bonds is 1. The second kappa shape index (κ2) is 3.08. The Bertz CT molecular complexity index is 180. The van der Waals surface area contributed by atoms with Crippen molar-refractivity contribution >= 4 is 0 Å². The van der Waals surface area contributed by atoms with Gasteiger partial charge in [0.25, 0.3) is 0 Å². The van der Waals surface area contributed by atoms with Crippen LogP contribution in [0.4, 0.5) is 0 Å². The van der Waals surface area contributed by atoms with Crippen LogP contribution in [0.3, 0.4) is 0 Å². The summed E-state index contributed by atoms with van der Waals surface area (Å²) in [5.41, 5.74) is 1.18. The Labute approximate surface area is 55.9 Å². The van der Waals surface area contributed by atoms with Gasteiger partial charge in [-0.05, 0) is 12.0 Å². The minimum atomic E-state index is 1.04.